The highest BCUT2D eigenvalue weighted by molar-refractivity contribution is 5.92. The molecule has 0 unspecified atom stereocenters. The Bertz CT molecular complexity index is 375. The summed E-state index contributed by atoms with van der Waals surface area (Å²) in [6, 6.07) is 3.15. The Labute approximate surface area is 72.7 Å². The number of aromatic carboxylic acids is 1. The van der Waals surface area contributed by atoms with Crippen LogP contribution in [0.15, 0.2) is 18.2 Å². The molecule has 0 atom stereocenters. The zero-order chi connectivity index (χ0) is 10.0. The number of carbonyl (C=O) groups is 1. The van der Waals surface area contributed by atoms with E-state index in [-0.39, 0.29) is 16.9 Å². The van der Waals surface area contributed by atoms with Gasteiger partial charge in [-0.05, 0) is 6.07 Å². The molecule has 0 saturated carbocycles. The molecule has 1 aromatic carbocycles. The maximum absolute atomic E-state index is 10.4. The standard InChI is InChI=1S/C7H6N2O4/c8-6-2-1-4(9(12)13)3-5(6)7(10)11/h1-3H,8H2,(H,10,11)/p-1. The third-order valence-electron chi connectivity index (χ3n) is 1.47. The van der Waals surface area contributed by atoms with Gasteiger partial charge in [-0.25, -0.2) is 0 Å². The monoisotopic (exact) mass is 181 g/mol. The molecule has 0 bridgehead atoms. The van der Waals surface area contributed by atoms with E-state index >= 15 is 0 Å². The van der Waals surface area contributed by atoms with Crippen LogP contribution in [0.4, 0.5) is 11.4 Å². The fourth-order valence-electron chi connectivity index (χ4n) is 0.835. The van der Waals surface area contributed by atoms with E-state index in [0.717, 1.165) is 18.2 Å². The number of nitro groups is 1. The molecular weight excluding hydrogens is 176 g/mol. The summed E-state index contributed by atoms with van der Waals surface area (Å²) in [7, 11) is 0. The number of non-ortho nitro benzene ring substituents is 1. The molecule has 0 radical (unpaired) electrons. The molecule has 68 valence electrons. The van der Waals surface area contributed by atoms with E-state index in [0.29, 0.717) is 0 Å². The van der Waals surface area contributed by atoms with Crippen LogP contribution in [0.2, 0.25) is 0 Å². The van der Waals surface area contributed by atoms with Crippen molar-refractivity contribution in [1.82, 2.24) is 0 Å². The number of hydrogen-bond donors (Lipinski definition) is 1. The molecule has 0 aliphatic rings. The molecule has 0 amide bonds. The van der Waals surface area contributed by atoms with Crippen molar-refractivity contribution in [3.8, 4) is 0 Å². The number of anilines is 1. The second-order valence-corrected chi connectivity index (χ2v) is 2.32. The highest BCUT2D eigenvalue weighted by Gasteiger charge is 2.09. The van der Waals surface area contributed by atoms with Crippen LogP contribution in [0.5, 0.6) is 0 Å². The van der Waals surface area contributed by atoms with Gasteiger partial charge in [0.2, 0.25) is 0 Å². The Kier molecular flexibility index (Phi) is 2.14. The van der Waals surface area contributed by atoms with E-state index in [2.05, 4.69) is 0 Å². The molecule has 0 fully saturated rings. The number of nitrogens with two attached hydrogens (primary N) is 1. The molecule has 2 N–H and O–H groups in total. The van der Waals surface area contributed by atoms with Crippen molar-refractivity contribution in [3.63, 3.8) is 0 Å². The quantitative estimate of drug-likeness (QED) is 0.377. The van der Waals surface area contributed by atoms with Gasteiger partial charge in [0.05, 0.1) is 10.9 Å². The lowest BCUT2D eigenvalue weighted by Gasteiger charge is -2.04. The van der Waals surface area contributed by atoms with Crippen molar-refractivity contribution in [1.29, 1.82) is 0 Å². The van der Waals surface area contributed by atoms with Gasteiger partial charge in [-0.1, -0.05) is 0 Å². The summed E-state index contributed by atoms with van der Waals surface area (Å²) in [4.78, 5) is 19.9. The van der Waals surface area contributed by atoms with Gasteiger partial charge >= 0.3 is 0 Å². The Balaban J connectivity index is 3.27. The zero-order valence-corrected chi connectivity index (χ0v) is 6.39. The molecule has 0 spiro atoms. The minimum atomic E-state index is -1.53. The van der Waals surface area contributed by atoms with Crippen LogP contribution in [0.1, 0.15) is 10.4 Å². The van der Waals surface area contributed by atoms with Crippen molar-refractivity contribution < 1.29 is 14.8 Å². The van der Waals surface area contributed by atoms with Gasteiger partial charge in [0.1, 0.15) is 0 Å². The van der Waals surface area contributed by atoms with E-state index in [9.17, 15) is 20.0 Å². The summed E-state index contributed by atoms with van der Waals surface area (Å²) in [5.41, 5.74) is 4.50. The number of nitrogen functional groups attached to an aromatic ring is 1. The SMILES string of the molecule is Nc1ccc([N+](=O)[O-])cc1C(=O)[O-]. The van der Waals surface area contributed by atoms with Gasteiger partial charge in [-0.15, -0.1) is 0 Å². The molecule has 0 aliphatic carbocycles. The smallest absolute Gasteiger partial charge is 0.270 e. The minimum Gasteiger partial charge on any atom is -0.545 e. The average Bonchev–Trinajstić information content (AvgIpc) is 2.04. The molecule has 0 saturated heterocycles. The predicted octanol–water partition coefficient (Wildman–Crippen LogP) is -0.460. The number of carbonyl (C=O) groups excluding carboxylic acids is 1. The largest absolute Gasteiger partial charge is 0.545 e. The summed E-state index contributed by atoms with van der Waals surface area (Å²) in [5, 5.41) is 20.6. The van der Waals surface area contributed by atoms with Crippen molar-refractivity contribution in [3.05, 3.63) is 33.9 Å². The van der Waals surface area contributed by atoms with Gasteiger partial charge in [-0.3, -0.25) is 10.1 Å². The van der Waals surface area contributed by atoms with Crippen LogP contribution in [0.25, 0.3) is 0 Å². The van der Waals surface area contributed by atoms with Crippen LogP contribution < -0.4 is 10.8 Å². The second kappa shape index (κ2) is 3.10. The van der Waals surface area contributed by atoms with E-state index in [1.54, 1.807) is 0 Å². The lowest BCUT2D eigenvalue weighted by atomic mass is 10.1. The first-order chi connectivity index (χ1) is 6.02. The Morgan fingerprint density at radius 3 is 2.54 bits per heavy atom. The number of nitrogens with zero attached hydrogens (tertiary/aromatic N) is 1. The first-order valence-corrected chi connectivity index (χ1v) is 3.27. The van der Waals surface area contributed by atoms with Gasteiger partial charge in [0, 0.05) is 23.4 Å². The normalized spacial score (nSPS) is 9.54. The third kappa shape index (κ3) is 1.73. The summed E-state index contributed by atoms with van der Waals surface area (Å²) >= 11 is 0. The Hall–Kier alpha value is -2.11. The molecule has 0 heterocycles. The molecule has 0 aromatic heterocycles. The maximum Gasteiger partial charge on any atom is 0.270 e. The zero-order valence-electron chi connectivity index (χ0n) is 6.39. The first kappa shape index (κ1) is 8.98. The summed E-state index contributed by atoms with van der Waals surface area (Å²) < 4.78 is 0. The Morgan fingerprint density at radius 1 is 1.46 bits per heavy atom. The predicted molar refractivity (Wildman–Crippen MR) is 41.8 cm³/mol. The second-order valence-electron chi connectivity index (χ2n) is 2.32. The fourth-order valence-corrected chi connectivity index (χ4v) is 0.835. The average molecular weight is 181 g/mol. The molecule has 6 nitrogen and oxygen atoms in total. The number of benzene rings is 1. The van der Waals surface area contributed by atoms with Crippen LogP contribution in [-0.2, 0) is 0 Å². The summed E-state index contributed by atoms with van der Waals surface area (Å²) in [6.07, 6.45) is 0. The van der Waals surface area contributed by atoms with Crippen molar-refractivity contribution in [2.24, 2.45) is 0 Å². The molecule has 0 aliphatic heterocycles. The van der Waals surface area contributed by atoms with Crippen LogP contribution >= 0.6 is 0 Å². The maximum atomic E-state index is 10.4. The topological polar surface area (TPSA) is 109 Å². The minimum absolute atomic E-state index is 0.0504. The lowest BCUT2D eigenvalue weighted by Crippen LogP contribution is -2.23. The fraction of sp³-hybridized carbons (Fsp3) is 0. The van der Waals surface area contributed by atoms with Crippen LogP contribution in [0, 0.1) is 10.1 Å². The molecule has 1 rings (SSSR count). The van der Waals surface area contributed by atoms with E-state index < -0.39 is 10.9 Å². The lowest BCUT2D eigenvalue weighted by molar-refractivity contribution is -0.385. The highest BCUT2D eigenvalue weighted by Crippen LogP contribution is 2.18. The number of hydrogen-bond acceptors (Lipinski definition) is 5. The van der Waals surface area contributed by atoms with Crippen molar-refractivity contribution >= 4 is 17.3 Å². The summed E-state index contributed by atoms with van der Waals surface area (Å²) in [6.45, 7) is 0. The van der Waals surface area contributed by atoms with Gasteiger partial charge < -0.3 is 15.6 Å². The third-order valence-corrected chi connectivity index (χ3v) is 1.47. The van der Waals surface area contributed by atoms with Gasteiger partial charge in [-0.2, -0.15) is 0 Å². The molecular formula is C7H5N2O4-. The number of nitro benzene ring substituents is 1. The summed E-state index contributed by atoms with van der Waals surface area (Å²) in [5.74, 6) is -1.53. The Morgan fingerprint density at radius 2 is 2.08 bits per heavy atom. The van der Waals surface area contributed by atoms with Crippen LogP contribution in [-0.4, -0.2) is 10.9 Å². The van der Waals surface area contributed by atoms with E-state index in [1.807, 2.05) is 0 Å². The number of carboxylic acids is 1. The van der Waals surface area contributed by atoms with E-state index in [4.69, 9.17) is 5.73 Å². The van der Waals surface area contributed by atoms with Crippen molar-refractivity contribution in [2.45, 2.75) is 0 Å². The molecule has 1 aromatic rings. The van der Waals surface area contributed by atoms with Crippen molar-refractivity contribution in [2.75, 3.05) is 5.73 Å². The number of carboxylic acid groups (broad SMARTS) is 1. The first-order valence-electron chi connectivity index (χ1n) is 3.27. The molecule has 13 heavy (non-hydrogen) atoms. The highest BCUT2D eigenvalue weighted by atomic mass is 16.6. The van der Waals surface area contributed by atoms with Crippen LogP contribution in [0.3, 0.4) is 0 Å². The molecule has 6 heteroatoms. The van der Waals surface area contributed by atoms with Gasteiger partial charge in [0.25, 0.3) is 5.69 Å². The van der Waals surface area contributed by atoms with Gasteiger partial charge in [0.15, 0.2) is 0 Å². The van der Waals surface area contributed by atoms with E-state index in [1.165, 1.54) is 0 Å². The number of rotatable bonds is 2.